The third-order valence-corrected chi connectivity index (χ3v) is 3.39. The van der Waals surface area contributed by atoms with E-state index in [1.807, 2.05) is 0 Å². The van der Waals surface area contributed by atoms with Gasteiger partial charge in [0.05, 0.1) is 11.6 Å². The number of benzene rings is 2. The molecular formula is C17H11Cl2NO3. The van der Waals surface area contributed by atoms with Crippen LogP contribution in [0, 0.1) is 11.3 Å². The summed E-state index contributed by atoms with van der Waals surface area (Å²) in [6, 6.07) is 13.7. The lowest BCUT2D eigenvalue weighted by atomic mass is 10.0. The second kappa shape index (κ2) is 7.68. The molecule has 2 aromatic carbocycles. The van der Waals surface area contributed by atoms with Crippen molar-refractivity contribution in [2.45, 2.75) is 0 Å². The van der Waals surface area contributed by atoms with Gasteiger partial charge in [-0.25, -0.2) is 4.79 Å². The highest BCUT2D eigenvalue weighted by molar-refractivity contribution is 6.31. The maximum atomic E-state index is 10.7. The minimum Gasteiger partial charge on any atom is -0.481 e. The van der Waals surface area contributed by atoms with Crippen LogP contribution in [0.25, 0.3) is 11.6 Å². The Balaban J connectivity index is 2.42. The van der Waals surface area contributed by atoms with Crippen LogP contribution in [-0.4, -0.2) is 17.7 Å². The molecule has 0 saturated heterocycles. The monoisotopic (exact) mass is 347 g/mol. The normalized spacial score (nSPS) is 10.9. The Morgan fingerprint density at radius 1 is 1.17 bits per heavy atom. The molecule has 0 aliphatic carbocycles. The lowest BCUT2D eigenvalue weighted by Gasteiger charge is -2.08. The summed E-state index contributed by atoms with van der Waals surface area (Å²) < 4.78 is 5.22. The number of carbonyl (C=O) groups is 1. The van der Waals surface area contributed by atoms with E-state index in [1.165, 1.54) is 0 Å². The zero-order valence-corrected chi connectivity index (χ0v) is 13.3. The van der Waals surface area contributed by atoms with Crippen LogP contribution in [0.5, 0.6) is 5.75 Å². The van der Waals surface area contributed by atoms with Crippen molar-refractivity contribution < 1.29 is 14.6 Å². The number of halogens is 2. The summed E-state index contributed by atoms with van der Waals surface area (Å²) in [5, 5.41) is 19.1. The molecule has 0 aliphatic heterocycles. The minimum absolute atomic E-state index is 0.332. The van der Waals surface area contributed by atoms with E-state index in [9.17, 15) is 10.1 Å². The summed E-state index contributed by atoms with van der Waals surface area (Å²) in [5.41, 5.74) is 1.58. The molecule has 0 atom stereocenters. The van der Waals surface area contributed by atoms with E-state index in [2.05, 4.69) is 6.07 Å². The molecule has 0 spiro atoms. The molecular weight excluding hydrogens is 337 g/mol. The maximum Gasteiger partial charge on any atom is 0.341 e. The number of allylic oxidation sites excluding steroid dienone is 1. The van der Waals surface area contributed by atoms with Gasteiger partial charge in [-0.1, -0.05) is 35.3 Å². The summed E-state index contributed by atoms with van der Waals surface area (Å²) in [6.07, 6.45) is 1.59. The molecule has 0 heterocycles. The summed E-state index contributed by atoms with van der Waals surface area (Å²) in [6.45, 7) is -0.481. The van der Waals surface area contributed by atoms with Gasteiger partial charge in [0.15, 0.2) is 6.61 Å². The van der Waals surface area contributed by atoms with Gasteiger partial charge >= 0.3 is 5.97 Å². The summed E-state index contributed by atoms with van der Waals surface area (Å²) >= 11 is 11.8. The molecule has 0 fully saturated rings. The van der Waals surface area contributed by atoms with E-state index in [0.717, 1.165) is 0 Å². The Hall–Kier alpha value is -2.48. The van der Waals surface area contributed by atoms with Crippen molar-refractivity contribution in [1.29, 1.82) is 5.26 Å². The fourth-order valence-corrected chi connectivity index (χ4v) is 2.17. The molecule has 0 unspecified atom stereocenters. The van der Waals surface area contributed by atoms with Gasteiger partial charge in [-0.05, 0) is 42.0 Å². The van der Waals surface area contributed by atoms with Crippen molar-refractivity contribution in [2.75, 3.05) is 6.61 Å². The van der Waals surface area contributed by atoms with Crippen LogP contribution in [0.2, 0.25) is 10.0 Å². The predicted molar refractivity (Wildman–Crippen MR) is 89.5 cm³/mol. The maximum absolute atomic E-state index is 10.7. The van der Waals surface area contributed by atoms with Crippen molar-refractivity contribution >= 4 is 40.8 Å². The first-order valence-electron chi connectivity index (χ1n) is 6.51. The van der Waals surface area contributed by atoms with E-state index >= 15 is 0 Å². The van der Waals surface area contributed by atoms with Crippen LogP contribution in [0.1, 0.15) is 11.1 Å². The molecule has 0 amide bonds. The second-order valence-corrected chi connectivity index (χ2v) is 5.41. The van der Waals surface area contributed by atoms with E-state index < -0.39 is 12.6 Å². The molecule has 23 heavy (non-hydrogen) atoms. The number of carboxylic acid groups (broad SMARTS) is 1. The van der Waals surface area contributed by atoms with Gasteiger partial charge in [0.25, 0.3) is 0 Å². The number of nitrogens with zero attached hydrogens (tertiary/aromatic N) is 1. The fraction of sp³-hybridized carbons (Fsp3) is 0.0588. The zero-order chi connectivity index (χ0) is 16.8. The van der Waals surface area contributed by atoms with Gasteiger partial charge in [0, 0.05) is 15.6 Å². The van der Waals surface area contributed by atoms with Crippen molar-refractivity contribution in [3.63, 3.8) is 0 Å². The number of carboxylic acids is 1. The van der Waals surface area contributed by atoms with Crippen molar-refractivity contribution in [2.24, 2.45) is 0 Å². The van der Waals surface area contributed by atoms with E-state index in [4.69, 9.17) is 33.0 Å². The van der Waals surface area contributed by atoms with Crippen LogP contribution < -0.4 is 4.74 Å². The topological polar surface area (TPSA) is 70.3 Å². The van der Waals surface area contributed by atoms with Crippen molar-refractivity contribution in [1.82, 2.24) is 0 Å². The van der Waals surface area contributed by atoms with Gasteiger partial charge in [0.1, 0.15) is 5.75 Å². The number of rotatable bonds is 5. The quantitative estimate of drug-likeness (QED) is 0.637. The van der Waals surface area contributed by atoms with E-state index in [0.29, 0.717) is 32.5 Å². The molecule has 0 saturated carbocycles. The first-order chi connectivity index (χ1) is 11.0. The van der Waals surface area contributed by atoms with Crippen molar-refractivity contribution in [3.05, 3.63) is 63.6 Å². The third-order valence-electron chi connectivity index (χ3n) is 2.90. The van der Waals surface area contributed by atoms with E-state index in [1.54, 1.807) is 48.5 Å². The van der Waals surface area contributed by atoms with Crippen LogP contribution >= 0.6 is 23.2 Å². The zero-order valence-electron chi connectivity index (χ0n) is 11.8. The molecule has 2 aromatic rings. The number of aliphatic carboxylic acids is 1. The summed E-state index contributed by atoms with van der Waals surface area (Å²) in [7, 11) is 0. The number of nitriles is 1. The summed E-state index contributed by atoms with van der Waals surface area (Å²) in [5.74, 6) is -0.758. The highest BCUT2D eigenvalue weighted by Crippen LogP contribution is 2.28. The largest absolute Gasteiger partial charge is 0.481 e. The number of ether oxygens (including phenoxy) is 1. The minimum atomic E-state index is -1.09. The highest BCUT2D eigenvalue weighted by Gasteiger charge is 2.08. The number of hydrogen-bond donors (Lipinski definition) is 1. The average molecular weight is 348 g/mol. The molecule has 6 heteroatoms. The van der Waals surface area contributed by atoms with Gasteiger partial charge < -0.3 is 9.84 Å². The molecule has 116 valence electrons. The lowest BCUT2D eigenvalue weighted by Crippen LogP contribution is -2.10. The Morgan fingerprint density at radius 2 is 1.83 bits per heavy atom. The Kier molecular flexibility index (Phi) is 5.64. The molecule has 2 rings (SSSR count). The standard InChI is InChI=1S/C17H11Cl2NO3/c18-14-3-1-11(2-4-14)13(9-20)7-12-8-15(19)5-6-16(12)23-10-17(21)22/h1-8H,10H2,(H,21,22)/b13-7+. The fourth-order valence-electron chi connectivity index (χ4n) is 1.87. The first-order valence-corrected chi connectivity index (χ1v) is 7.27. The molecule has 1 N–H and O–H groups in total. The Morgan fingerprint density at radius 3 is 2.43 bits per heavy atom. The van der Waals surface area contributed by atoms with Crippen LogP contribution in [0.3, 0.4) is 0 Å². The Labute approximate surface area is 143 Å². The molecule has 0 aliphatic rings. The smallest absolute Gasteiger partial charge is 0.341 e. The first kappa shape index (κ1) is 16.9. The van der Waals surface area contributed by atoms with Crippen molar-refractivity contribution in [3.8, 4) is 11.8 Å². The lowest BCUT2D eigenvalue weighted by molar-refractivity contribution is -0.139. The molecule has 4 nitrogen and oxygen atoms in total. The van der Waals surface area contributed by atoms with Gasteiger partial charge in [0.2, 0.25) is 0 Å². The van der Waals surface area contributed by atoms with Crippen LogP contribution in [-0.2, 0) is 4.79 Å². The SMILES string of the molecule is N#C/C(=C\c1cc(Cl)ccc1OCC(=O)O)c1ccc(Cl)cc1. The van der Waals surface area contributed by atoms with Gasteiger partial charge in [-0.15, -0.1) is 0 Å². The molecule has 0 bridgehead atoms. The Bertz CT molecular complexity index is 792. The van der Waals surface area contributed by atoms with Gasteiger partial charge in [-0.3, -0.25) is 0 Å². The summed E-state index contributed by atoms with van der Waals surface area (Å²) in [4.78, 5) is 10.7. The van der Waals surface area contributed by atoms with Crippen LogP contribution in [0.15, 0.2) is 42.5 Å². The molecule has 0 aromatic heterocycles. The molecule has 0 radical (unpaired) electrons. The van der Waals surface area contributed by atoms with E-state index in [-0.39, 0.29) is 0 Å². The van der Waals surface area contributed by atoms with Gasteiger partial charge in [-0.2, -0.15) is 5.26 Å². The number of hydrogen-bond acceptors (Lipinski definition) is 3. The third kappa shape index (κ3) is 4.75. The predicted octanol–water partition coefficient (Wildman–Crippen LogP) is 4.52. The highest BCUT2D eigenvalue weighted by atomic mass is 35.5. The second-order valence-electron chi connectivity index (χ2n) is 4.54. The van der Waals surface area contributed by atoms with Crippen LogP contribution in [0.4, 0.5) is 0 Å². The average Bonchev–Trinajstić information content (AvgIpc) is 2.52.